The number of nitrogens with two attached hydrogens (primary N) is 1. The topological polar surface area (TPSA) is 76.3 Å². The highest BCUT2D eigenvalue weighted by atomic mass is 32.2. The fourth-order valence-corrected chi connectivity index (χ4v) is 3.48. The average molecular weight is 291 g/mol. The van der Waals surface area contributed by atoms with E-state index in [-0.39, 0.29) is 4.90 Å². The van der Waals surface area contributed by atoms with E-state index in [1.807, 2.05) is 13.0 Å². The molecule has 106 valence electrons. The number of sulfonamides is 1. The molecule has 2 N–H and O–H groups in total. The summed E-state index contributed by atoms with van der Waals surface area (Å²) in [5, 5.41) is 0. The summed E-state index contributed by atoms with van der Waals surface area (Å²) in [7, 11) is -2.15. The van der Waals surface area contributed by atoms with E-state index in [1.165, 1.54) is 23.7 Å². The monoisotopic (exact) mass is 291 g/mol. The van der Waals surface area contributed by atoms with Gasteiger partial charge in [0, 0.05) is 13.2 Å². The minimum Gasteiger partial charge on any atom is -0.396 e. The van der Waals surface area contributed by atoms with E-state index in [2.05, 4.69) is 4.98 Å². The molecule has 2 aromatic rings. The molecule has 5 nitrogen and oxygen atoms in total. The van der Waals surface area contributed by atoms with E-state index in [0.717, 1.165) is 5.56 Å². The molecule has 0 aliphatic carbocycles. The first-order chi connectivity index (χ1) is 9.34. The van der Waals surface area contributed by atoms with Crippen LogP contribution >= 0.6 is 0 Å². The summed E-state index contributed by atoms with van der Waals surface area (Å²) in [6.45, 7) is 3.63. The molecule has 0 fully saturated rings. The Kier molecular flexibility index (Phi) is 3.67. The quantitative estimate of drug-likeness (QED) is 0.939. The third kappa shape index (κ3) is 2.46. The van der Waals surface area contributed by atoms with Gasteiger partial charge in [0.2, 0.25) is 0 Å². The van der Waals surface area contributed by atoms with Crippen molar-refractivity contribution in [2.24, 2.45) is 0 Å². The van der Waals surface area contributed by atoms with Crippen LogP contribution in [-0.4, -0.2) is 20.4 Å². The average Bonchev–Trinajstić information content (AvgIpc) is 2.41. The highest BCUT2D eigenvalue weighted by Gasteiger charge is 2.24. The first-order valence-electron chi connectivity index (χ1n) is 6.09. The summed E-state index contributed by atoms with van der Waals surface area (Å²) in [5.74, 6) is 0. The Morgan fingerprint density at radius 3 is 2.55 bits per heavy atom. The van der Waals surface area contributed by atoms with E-state index < -0.39 is 10.0 Å². The largest absolute Gasteiger partial charge is 0.396 e. The zero-order chi connectivity index (χ0) is 14.9. The van der Waals surface area contributed by atoms with E-state index >= 15 is 0 Å². The van der Waals surface area contributed by atoms with Crippen LogP contribution in [0.2, 0.25) is 0 Å². The first-order valence-corrected chi connectivity index (χ1v) is 7.53. The van der Waals surface area contributed by atoms with Gasteiger partial charge in [-0.05, 0) is 37.1 Å². The Morgan fingerprint density at radius 2 is 1.90 bits per heavy atom. The number of rotatable bonds is 3. The molecule has 0 aliphatic heterocycles. The number of hydrogen-bond donors (Lipinski definition) is 1. The highest BCUT2D eigenvalue weighted by molar-refractivity contribution is 7.92. The molecule has 1 aromatic carbocycles. The maximum Gasteiger partial charge on any atom is 0.264 e. The maximum absolute atomic E-state index is 12.7. The van der Waals surface area contributed by atoms with E-state index in [4.69, 9.17) is 5.73 Å². The van der Waals surface area contributed by atoms with E-state index in [1.54, 1.807) is 25.1 Å². The van der Waals surface area contributed by atoms with Gasteiger partial charge in [0.15, 0.2) is 0 Å². The van der Waals surface area contributed by atoms with Crippen molar-refractivity contribution < 1.29 is 8.42 Å². The first kappa shape index (κ1) is 14.3. The molecular formula is C14H17N3O2S. The van der Waals surface area contributed by atoms with Crippen LogP contribution in [0.1, 0.15) is 11.1 Å². The molecule has 20 heavy (non-hydrogen) atoms. The molecular weight excluding hydrogens is 274 g/mol. The SMILES string of the molecule is Cc1ccc(C)c(S(=O)(=O)N(C)c2ccncc2N)c1. The molecule has 0 aliphatic rings. The molecule has 0 saturated carbocycles. The molecule has 6 heteroatoms. The van der Waals surface area contributed by atoms with Crippen molar-refractivity contribution in [3.63, 3.8) is 0 Å². The smallest absolute Gasteiger partial charge is 0.264 e. The molecule has 0 radical (unpaired) electrons. The van der Waals surface area contributed by atoms with Gasteiger partial charge in [-0.15, -0.1) is 0 Å². The van der Waals surface area contributed by atoms with Gasteiger partial charge in [-0.3, -0.25) is 9.29 Å². The molecule has 0 spiro atoms. The molecule has 1 aromatic heterocycles. The molecule has 0 amide bonds. The highest BCUT2D eigenvalue weighted by Crippen LogP contribution is 2.28. The second-order valence-corrected chi connectivity index (χ2v) is 6.61. The summed E-state index contributed by atoms with van der Waals surface area (Å²) < 4.78 is 26.6. The van der Waals surface area contributed by atoms with Crippen LogP contribution in [0.3, 0.4) is 0 Å². The molecule has 2 rings (SSSR count). The summed E-state index contributed by atoms with van der Waals surface area (Å²) in [6.07, 6.45) is 2.95. The minimum absolute atomic E-state index is 0.288. The van der Waals surface area contributed by atoms with Gasteiger partial charge in [0.05, 0.1) is 22.5 Å². The third-order valence-electron chi connectivity index (χ3n) is 3.15. The van der Waals surface area contributed by atoms with E-state index in [9.17, 15) is 8.42 Å². The van der Waals surface area contributed by atoms with Crippen molar-refractivity contribution in [1.82, 2.24) is 4.98 Å². The summed E-state index contributed by atoms with van der Waals surface area (Å²) in [6, 6.07) is 6.93. The fraction of sp³-hybridized carbons (Fsp3) is 0.214. The molecule has 0 unspecified atom stereocenters. The number of nitrogens with zero attached hydrogens (tertiary/aromatic N) is 2. The van der Waals surface area contributed by atoms with Crippen LogP contribution < -0.4 is 10.0 Å². The maximum atomic E-state index is 12.7. The Balaban J connectivity index is 2.56. The van der Waals surface area contributed by atoms with Gasteiger partial charge >= 0.3 is 0 Å². The van der Waals surface area contributed by atoms with Crippen molar-refractivity contribution >= 4 is 21.4 Å². The number of aromatic nitrogens is 1. The van der Waals surface area contributed by atoms with Crippen molar-refractivity contribution in [3.05, 3.63) is 47.8 Å². The Morgan fingerprint density at radius 1 is 1.20 bits per heavy atom. The number of pyridine rings is 1. The van der Waals surface area contributed by atoms with Crippen molar-refractivity contribution in [3.8, 4) is 0 Å². The van der Waals surface area contributed by atoms with Crippen molar-refractivity contribution in [2.45, 2.75) is 18.7 Å². The second kappa shape index (κ2) is 5.13. The number of hydrogen-bond acceptors (Lipinski definition) is 4. The number of aryl methyl sites for hydroxylation is 2. The normalized spacial score (nSPS) is 11.3. The Hall–Kier alpha value is -2.08. The number of nitrogen functional groups attached to an aromatic ring is 1. The fourth-order valence-electron chi connectivity index (χ4n) is 1.95. The lowest BCUT2D eigenvalue weighted by molar-refractivity contribution is 0.593. The lowest BCUT2D eigenvalue weighted by Crippen LogP contribution is -2.28. The predicted octanol–water partition coefficient (Wildman–Crippen LogP) is 2.11. The second-order valence-electron chi connectivity index (χ2n) is 4.68. The van der Waals surface area contributed by atoms with Crippen LogP contribution in [-0.2, 0) is 10.0 Å². The lowest BCUT2D eigenvalue weighted by Gasteiger charge is -2.22. The van der Waals surface area contributed by atoms with Gasteiger partial charge in [-0.2, -0.15) is 0 Å². The summed E-state index contributed by atoms with van der Waals surface area (Å²) >= 11 is 0. The predicted molar refractivity (Wildman–Crippen MR) is 80.2 cm³/mol. The van der Waals surface area contributed by atoms with E-state index in [0.29, 0.717) is 16.9 Å². The van der Waals surface area contributed by atoms with Gasteiger partial charge in [0.1, 0.15) is 0 Å². The molecule has 0 saturated heterocycles. The number of anilines is 2. The standard InChI is InChI=1S/C14H17N3O2S/c1-10-4-5-11(2)14(8-10)20(18,19)17(3)13-6-7-16-9-12(13)15/h4-9H,15H2,1-3H3. The van der Waals surface area contributed by atoms with Gasteiger partial charge in [-0.1, -0.05) is 12.1 Å². The van der Waals surface area contributed by atoms with Crippen LogP contribution in [0, 0.1) is 13.8 Å². The minimum atomic E-state index is -3.64. The molecule has 0 bridgehead atoms. The third-order valence-corrected chi connectivity index (χ3v) is 5.06. The Labute approximate surface area is 119 Å². The van der Waals surface area contributed by atoms with Gasteiger partial charge in [-0.25, -0.2) is 8.42 Å². The van der Waals surface area contributed by atoms with Crippen molar-refractivity contribution in [2.75, 3.05) is 17.1 Å². The van der Waals surface area contributed by atoms with Crippen LogP contribution in [0.15, 0.2) is 41.6 Å². The zero-order valence-corrected chi connectivity index (χ0v) is 12.5. The van der Waals surface area contributed by atoms with Gasteiger partial charge in [0.25, 0.3) is 10.0 Å². The zero-order valence-electron chi connectivity index (χ0n) is 11.7. The summed E-state index contributed by atoms with van der Waals surface area (Å²) in [4.78, 5) is 4.16. The van der Waals surface area contributed by atoms with Crippen LogP contribution in [0.5, 0.6) is 0 Å². The van der Waals surface area contributed by atoms with Crippen molar-refractivity contribution in [1.29, 1.82) is 0 Å². The van der Waals surface area contributed by atoms with Crippen LogP contribution in [0.4, 0.5) is 11.4 Å². The molecule has 1 heterocycles. The summed E-state index contributed by atoms with van der Waals surface area (Å²) in [5.41, 5.74) is 8.13. The Bertz CT molecular complexity index is 742. The van der Waals surface area contributed by atoms with Crippen LogP contribution in [0.25, 0.3) is 0 Å². The molecule has 0 atom stereocenters. The lowest BCUT2D eigenvalue weighted by atomic mass is 10.2. The number of benzene rings is 1. The van der Waals surface area contributed by atoms with Gasteiger partial charge < -0.3 is 5.73 Å².